The second-order valence-electron chi connectivity index (χ2n) is 0.408. The van der Waals surface area contributed by atoms with Crippen LogP contribution < -0.4 is 0 Å². The van der Waals surface area contributed by atoms with Crippen LogP contribution in [0.1, 0.15) is 0 Å². The van der Waals surface area contributed by atoms with Gasteiger partial charge in [-0.2, -0.15) is 0 Å². The first kappa shape index (κ1) is 15.7. The molecule has 0 heterocycles. The number of nitrogens with zero attached hydrogens (tertiary/aromatic N) is 1. The van der Waals surface area contributed by atoms with Gasteiger partial charge in [0.1, 0.15) is 0 Å². The minimum Gasteiger partial charge on any atom is -0.759 e. The SMILES string of the molecule is O=S(=O)([O-])[O-].[Fe+3].[N-]=O. The van der Waals surface area contributed by atoms with E-state index in [1.165, 1.54) is 0 Å². The van der Waals surface area contributed by atoms with Crippen LogP contribution in [0.15, 0.2) is 0 Å². The normalized spacial score (nSPS) is 7.75. The van der Waals surface area contributed by atoms with Crippen molar-refractivity contribution in [3.63, 3.8) is 0 Å². The topological polar surface area (TPSA) is 120 Å². The van der Waals surface area contributed by atoms with Crippen LogP contribution in [-0.4, -0.2) is 17.5 Å². The van der Waals surface area contributed by atoms with Gasteiger partial charge in [-0.1, -0.05) is 0 Å². The van der Waals surface area contributed by atoms with Crippen LogP contribution in [0.4, 0.5) is 0 Å². The molecule has 0 fully saturated rings. The predicted molar refractivity (Wildman–Crippen MR) is 17.2 cm³/mol. The zero-order chi connectivity index (χ0) is 6.50. The van der Waals surface area contributed by atoms with E-state index in [1.807, 2.05) is 0 Å². The summed E-state index contributed by atoms with van der Waals surface area (Å²) in [5.41, 5.74) is 5.75. The maximum absolute atomic E-state index is 8.52. The summed E-state index contributed by atoms with van der Waals surface area (Å²) in [6.45, 7) is 0. The van der Waals surface area contributed by atoms with E-state index in [1.54, 1.807) is 0 Å². The van der Waals surface area contributed by atoms with Gasteiger partial charge in [0.25, 0.3) is 0 Å². The first-order valence-electron chi connectivity index (χ1n) is 0.849. The minimum absolute atomic E-state index is 0. The smallest absolute Gasteiger partial charge is 0.759 e. The van der Waals surface area contributed by atoms with E-state index in [0.717, 1.165) is 0 Å². The maximum atomic E-state index is 8.52. The van der Waals surface area contributed by atoms with E-state index >= 15 is 0 Å². The Morgan fingerprint density at radius 3 is 1.12 bits per heavy atom. The van der Waals surface area contributed by atoms with Gasteiger partial charge in [-0.15, -0.1) is 0 Å². The molecule has 0 amide bonds. The molecule has 0 rings (SSSR count). The maximum Gasteiger partial charge on any atom is 3.00 e. The molecule has 8 heavy (non-hydrogen) atoms. The summed E-state index contributed by atoms with van der Waals surface area (Å²) in [5.74, 6) is 0. The Labute approximate surface area is 56.1 Å². The first-order chi connectivity index (χ1) is 3.00. The summed E-state index contributed by atoms with van der Waals surface area (Å²) in [5, 5.41) is 0. The number of hydrogen-bond acceptors (Lipinski definition) is 5. The van der Waals surface area contributed by atoms with Crippen molar-refractivity contribution in [1.82, 2.24) is 0 Å². The zero-order valence-electron chi connectivity index (χ0n) is 3.25. The molecule has 0 atom stereocenters. The second kappa shape index (κ2) is 6.99. The molecule has 0 saturated carbocycles. The Balaban J connectivity index is -0.0000000750. The monoisotopic (exact) mass is 182 g/mol. The Kier molecular flexibility index (Phi) is 13.7. The molecule has 0 N–H and O–H groups in total. The molecule has 0 aliphatic rings. The van der Waals surface area contributed by atoms with Gasteiger partial charge in [-0.05, 0) is 0 Å². The summed E-state index contributed by atoms with van der Waals surface area (Å²) >= 11 is 0. The molecule has 0 aromatic heterocycles. The summed E-state index contributed by atoms with van der Waals surface area (Å²) in [7, 11) is -5.17. The predicted octanol–water partition coefficient (Wildman–Crippen LogP) is -1.02. The van der Waals surface area contributed by atoms with E-state index in [0.29, 0.717) is 0 Å². The van der Waals surface area contributed by atoms with Gasteiger partial charge in [-0.3, -0.25) is 8.42 Å². The second-order valence-corrected chi connectivity index (χ2v) is 1.22. The molecule has 0 bridgehead atoms. The van der Waals surface area contributed by atoms with Crippen molar-refractivity contribution in [3.8, 4) is 0 Å². The van der Waals surface area contributed by atoms with Crippen LogP contribution in [0.25, 0.3) is 5.59 Å². The van der Waals surface area contributed by atoms with Gasteiger partial charge < -0.3 is 19.6 Å². The largest absolute Gasteiger partial charge is 3.00 e. The van der Waals surface area contributed by atoms with Crippen molar-refractivity contribution in [2.24, 2.45) is 0 Å². The fourth-order valence-corrected chi connectivity index (χ4v) is 0. The molecule has 0 aliphatic carbocycles. The van der Waals surface area contributed by atoms with E-state index in [4.69, 9.17) is 28.0 Å². The van der Waals surface area contributed by atoms with Gasteiger partial charge in [0.2, 0.25) is 0 Å². The number of nitroso groups, excluding NO2 is 1. The molecule has 0 unspecified atom stereocenters. The van der Waals surface area contributed by atoms with Crippen LogP contribution in [0, 0.1) is 4.91 Å². The van der Waals surface area contributed by atoms with E-state index in [9.17, 15) is 0 Å². The average Bonchev–Trinajstić information content (AvgIpc) is 1.36. The van der Waals surface area contributed by atoms with Crippen molar-refractivity contribution in [3.05, 3.63) is 10.5 Å². The van der Waals surface area contributed by atoms with Gasteiger partial charge in [0.05, 0.1) is 0 Å². The molecule has 49 valence electrons. The van der Waals surface area contributed by atoms with E-state index in [-0.39, 0.29) is 17.1 Å². The van der Waals surface area contributed by atoms with Crippen molar-refractivity contribution >= 4 is 10.4 Å². The van der Waals surface area contributed by atoms with E-state index < -0.39 is 10.4 Å². The van der Waals surface area contributed by atoms with Crippen molar-refractivity contribution < 1.29 is 34.6 Å². The van der Waals surface area contributed by atoms with Gasteiger partial charge in [-0.25, -0.2) is 0 Å². The third-order valence-electron chi connectivity index (χ3n) is 0. The van der Waals surface area contributed by atoms with Crippen LogP contribution in [0.5, 0.6) is 0 Å². The molecule has 1 radical (unpaired) electrons. The fourth-order valence-electron chi connectivity index (χ4n) is 0. The number of hydrogen-bond donors (Lipinski definition) is 0. The summed E-state index contributed by atoms with van der Waals surface area (Å²) in [6, 6.07) is 0. The molecular formula is FeNO5S. The number of rotatable bonds is 0. The fraction of sp³-hybridized carbons (Fsp3) is 0. The van der Waals surface area contributed by atoms with Crippen LogP contribution >= 0.6 is 0 Å². The van der Waals surface area contributed by atoms with Crippen LogP contribution in [-0.2, 0) is 27.5 Å². The first-order valence-corrected chi connectivity index (χ1v) is 2.18. The Bertz CT molecular complexity index is 106. The molecule has 8 heteroatoms. The standard InChI is InChI=1S/Fe.NO.H2O4S/c;1-2;1-5(2,3)4/h;;(H2,1,2,3,4)/q+3;-1;/p-2. The molecule has 0 saturated heterocycles. The summed E-state index contributed by atoms with van der Waals surface area (Å²) < 4.78 is 34.1. The summed E-state index contributed by atoms with van der Waals surface area (Å²) in [4.78, 5) is 7.25. The van der Waals surface area contributed by atoms with Gasteiger partial charge in [0.15, 0.2) is 0 Å². The minimum atomic E-state index is -5.17. The molecule has 6 nitrogen and oxygen atoms in total. The van der Waals surface area contributed by atoms with Crippen molar-refractivity contribution in [2.45, 2.75) is 0 Å². The molecular weight excluding hydrogens is 182 g/mol. The van der Waals surface area contributed by atoms with Gasteiger partial charge >= 0.3 is 17.1 Å². The van der Waals surface area contributed by atoms with Crippen molar-refractivity contribution in [1.29, 1.82) is 0 Å². The molecule has 0 aromatic carbocycles. The third-order valence-corrected chi connectivity index (χ3v) is 0. The van der Waals surface area contributed by atoms with Crippen LogP contribution in [0.3, 0.4) is 0 Å². The molecule has 0 aliphatic heterocycles. The summed E-state index contributed by atoms with van der Waals surface area (Å²) in [6.07, 6.45) is 0. The molecule has 0 aromatic rings. The third kappa shape index (κ3) is 1350000. The quantitative estimate of drug-likeness (QED) is 0.269. The van der Waals surface area contributed by atoms with Gasteiger partial charge in [0, 0.05) is 10.4 Å². The van der Waals surface area contributed by atoms with Crippen molar-refractivity contribution in [2.75, 3.05) is 0 Å². The Morgan fingerprint density at radius 2 is 1.12 bits per heavy atom. The molecule has 0 spiro atoms. The Morgan fingerprint density at radius 1 is 1.12 bits per heavy atom. The Hall–Kier alpha value is -0.0105. The van der Waals surface area contributed by atoms with E-state index in [2.05, 4.69) is 0 Å². The zero-order valence-corrected chi connectivity index (χ0v) is 5.17. The average molecular weight is 182 g/mol. The van der Waals surface area contributed by atoms with Crippen LogP contribution in [0.2, 0.25) is 0 Å².